The second-order valence-electron chi connectivity index (χ2n) is 8.95. The molecule has 0 aliphatic rings. The molecule has 0 bridgehead atoms. The van der Waals surface area contributed by atoms with E-state index in [0.29, 0.717) is 28.4 Å². The highest BCUT2D eigenvalue weighted by molar-refractivity contribution is 5.90. The van der Waals surface area contributed by atoms with Gasteiger partial charge in [-0.2, -0.15) is 5.26 Å². The Kier molecular flexibility index (Phi) is 7.02. The lowest BCUT2D eigenvalue weighted by Crippen LogP contribution is -1.99. The van der Waals surface area contributed by atoms with Gasteiger partial charge in [0.05, 0.1) is 14.2 Å². The lowest BCUT2D eigenvalue weighted by Gasteiger charge is -2.09. The van der Waals surface area contributed by atoms with Crippen LogP contribution in [-0.2, 0) is 0 Å². The summed E-state index contributed by atoms with van der Waals surface area (Å²) in [5, 5.41) is 10.2. The first kappa shape index (κ1) is 25.6. The molecule has 0 radical (unpaired) electrons. The Balaban J connectivity index is 1.61. The van der Waals surface area contributed by atoms with Crippen LogP contribution in [0.4, 0.5) is 10.3 Å². The molecule has 0 aliphatic heterocycles. The van der Waals surface area contributed by atoms with Gasteiger partial charge in [-0.25, -0.2) is 9.38 Å². The minimum absolute atomic E-state index is 0.209. The third kappa shape index (κ3) is 4.92. The van der Waals surface area contributed by atoms with Gasteiger partial charge in [0.25, 0.3) is 0 Å². The monoisotopic (exact) mass is 519 g/mol. The number of halogens is 1. The maximum atomic E-state index is 13.5. The van der Waals surface area contributed by atoms with Crippen molar-refractivity contribution in [3.8, 4) is 45.7 Å². The van der Waals surface area contributed by atoms with Crippen LogP contribution in [0.5, 0.6) is 11.5 Å². The van der Waals surface area contributed by atoms with Gasteiger partial charge in [-0.05, 0) is 86.1 Å². The summed E-state index contributed by atoms with van der Waals surface area (Å²) in [6, 6.07) is 25.5. The Morgan fingerprint density at radius 1 is 0.872 bits per heavy atom. The predicted octanol–water partition coefficient (Wildman–Crippen LogP) is 7.80. The van der Waals surface area contributed by atoms with Crippen molar-refractivity contribution in [1.29, 1.82) is 5.26 Å². The van der Waals surface area contributed by atoms with Crippen molar-refractivity contribution < 1.29 is 18.3 Å². The van der Waals surface area contributed by atoms with E-state index in [0.717, 1.165) is 33.8 Å². The van der Waals surface area contributed by atoms with Gasteiger partial charge in [0.1, 0.15) is 34.7 Å². The summed E-state index contributed by atoms with van der Waals surface area (Å²) >= 11 is 0. The van der Waals surface area contributed by atoms with Crippen molar-refractivity contribution in [2.75, 3.05) is 14.2 Å². The van der Waals surface area contributed by atoms with Crippen molar-refractivity contribution in [3.63, 3.8) is 0 Å². The molecule has 2 heterocycles. The van der Waals surface area contributed by atoms with E-state index in [9.17, 15) is 9.65 Å². The molecule has 7 heteroatoms. The van der Waals surface area contributed by atoms with Gasteiger partial charge >= 0.3 is 0 Å². The fourth-order valence-electron chi connectivity index (χ4n) is 4.63. The molecular weight excluding hydrogens is 493 g/mol. The van der Waals surface area contributed by atoms with Gasteiger partial charge in [0.2, 0.25) is 5.88 Å². The zero-order valence-electron chi connectivity index (χ0n) is 22.0. The minimum Gasteiger partial charge on any atom is -0.497 e. The van der Waals surface area contributed by atoms with Crippen molar-refractivity contribution in [2.24, 2.45) is 4.99 Å². The Hall–Kier alpha value is -5.09. The van der Waals surface area contributed by atoms with Crippen LogP contribution in [0.25, 0.3) is 28.1 Å². The molecule has 5 rings (SSSR count). The minimum atomic E-state index is -0.287. The number of aryl methyl sites for hydroxylation is 1. The number of nitriles is 1. The first-order valence-corrected chi connectivity index (χ1v) is 12.3. The van der Waals surface area contributed by atoms with Crippen LogP contribution < -0.4 is 9.47 Å². The summed E-state index contributed by atoms with van der Waals surface area (Å²) in [7, 11) is 3.22. The molecule has 2 aromatic heterocycles. The molecule has 0 aliphatic carbocycles. The summed E-state index contributed by atoms with van der Waals surface area (Å²) < 4.78 is 32.4. The number of methoxy groups -OCH3 is 2. The fraction of sp³-hybridized carbons (Fsp3) is 0.125. The topological polar surface area (TPSA) is 72.7 Å². The molecule has 39 heavy (non-hydrogen) atoms. The first-order chi connectivity index (χ1) is 18.9. The molecule has 5 aromatic rings. The van der Waals surface area contributed by atoms with Crippen molar-refractivity contribution in [2.45, 2.75) is 13.8 Å². The van der Waals surface area contributed by atoms with Gasteiger partial charge in [-0.3, -0.25) is 0 Å². The first-order valence-electron chi connectivity index (χ1n) is 12.3. The number of nitrogens with zero attached hydrogens (tertiary/aromatic N) is 3. The maximum Gasteiger partial charge on any atom is 0.238 e. The molecule has 0 N–H and O–H groups in total. The van der Waals surface area contributed by atoms with Gasteiger partial charge < -0.3 is 18.5 Å². The Bertz CT molecular complexity index is 1690. The highest BCUT2D eigenvalue weighted by atomic mass is 19.1. The van der Waals surface area contributed by atoms with E-state index < -0.39 is 0 Å². The number of furan rings is 1. The smallest absolute Gasteiger partial charge is 0.238 e. The van der Waals surface area contributed by atoms with Gasteiger partial charge in [0.15, 0.2) is 0 Å². The zero-order valence-corrected chi connectivity index (χ0v) is 22.0. The summed E-state index contributed by atoms with van der Waals surface area (Å²) in [4.78, 5) is 4.63. The number of aliphatic imine (C=N–C) groups is 1. The van der Waals surface area contributed by atoms with E-state index in [4.69, 9.17) is 13.9 Å². The second kappa shape index (κ2) is 10.7. The quantitative estimate of drug-likeness (QED) is 0.206. The zero-order chi connectivity index (χ0) is 27.5. The number of hydrogen-bond donors (Lipinski definition) is 0. The third-order valence-electron chi connectivity index (χ3n) is 6.61. The van der Waals surface area contributed by atoms with E-state index in [1.807, 2.05) is 73.0 Å². The number of aromatic nitrogens is 1. The van der Waals surface area contributed by atoms with Crippen LogP contribution in [0.1, 0.15) is 22.5 Å². The number of ether oxygens (including phenoxy) is 2. The Morgan fingerprint density at radius 2 is 1.46 bits per heavy atom. The number of hydrogen-bond acceptors (Lipinski definition) is 5. The van der Waals surface area contributed by atoms with E-state index >= 15 is 0 Å². The Morgan fingerprint density at radius 3 is 2.03 bits per heavy atom. The summed E-state index contributed by atoms with van der Waals surface area (Å²) in [6.07, 6.45) is 1.69. The van der Waals surface area contributed by atoms with E-state index in [-0.39, 0.29) is 11.7 Å². The molecule has 0 saturated carbocycles. The Labute approximate surface area is 226 Å². The molecular formula is C32H26FN3O3. The number of rotatable bonds is 7. The summed E-state index contributed by atoms with van der Waals surface area (Å²) in [5.41, 5.74) is 6.17. The molecule has 0 amide bonds. The molecule has 0 spiro atoms. The van der Waals surface area contributed by atoms with Crippen molar-refractivity contribution in [3.05, 3.63) is 107 Å². The average molecular weight is 520 g/mol. The average Bonchev–Trinajstić information content (AvgIpc) is 3.48. The highest BCUT2D eigenvalue weighted by Gasteiger charge is 2.23. The lowest BCUT2D eigenvalue weighted by molar-refractivity contribution is 0.414. The standard InChI is InChI=1S/C32H26FN3O3/c1-20-17-24(21(2)36(20)26-11-9-25(33)10-12-26)19-35-32-29(18-34)30(22-5-13-27(37-3)14-6-22)31(39-32)23-7-15-28(38-4)16-8-23/h5-17,19H,1-4H3. The summed E-state index contributed by atoms with van der Waals surface area (Å²) in [6.45, 7) is 3.95. The molecule has 0 atom stereocenters. The SMILES string of the molecule is COc1ccc(-c2oc(N=Cc3cc(C)n(-c4ccc(F)cc4)c3C)c(C#N)c2-c2ccc(OC)cc2)cc1. The third-order valence-corrected chi connectivity index (χ3v) is 6.61. The summed E-state index contributed by atoms with van der Waals surface area (Å²) in [5.74, 6) is 1.88. The van der Waals surface area contributed by atoms with Crippen molar-refractivity contribution >= 4 is 12.1 Å². The molecule has 0 fully saturated rings. The normalized spacial score (nSPS) is 11.1. The van der Waals surface area contributed by atoms with E-state index in [2.05, 4.69) is 11.1 Å². The van der Waals surface area contributed by atoms with Gasteiger partial charge in [-0.1, -0.05) is 12.1 Å². The molecule has 0 saturated heterocycles. The van der Waals surface area contributed by atoms with Crippen LogP contribution in [0.3, 0.4) is 0 Å². The lowest BCUT2D eigenvalue weighted by atomic mass is 9.98. The van der Waals surface area contributed by atoms with Crippen LogP contribution in [0, 0.1) is 31.0 Å². The van der Waals surface area contributed by atoms with Gasteiger partial charge in [-0.15, -0.1) is 0 Å². The van der Waals surface area contributed by atoms with Crippen LogP contribution in [0.2, 0.25) is 0 Å². The maximum absolute atomic E-state index is 13.5. The highest BCUT2D eigenvalue weighted by Crippen LogP contribution is 2.43. The van der Waals surface area contributed by atoms with Gasteiger partial charge in [0, 0.05) is 40.0 Å². The fourth-order valence-corrected chi connectivity index (χ4v) is 4.63. The number of benzene rings is 3. The molecule has 6 nitrogen and oxygen atoms in total. The van der Waals surface area contributed by atoms with Crippen molar-refractivity contribution in [1.82, 2.24) is 4.57 Å². The van der Waals surface area contributed by atoms with Crippen LogP contribution in [0.15, 0.2) is 88.3 Å². The van der Waals surface area contributed by atoms with E-state index in [1.54, 1.807) is 32.6 Å². The molecule has 0 unspecified atom stereocenters. The molecule has 3 aromatic carbocycles. The predicted molar refractivity (Wildman–Crippen MR) is 150 cm³/mol. The van der Waals surface area contributed by atoms with E-state index in [1.165, 1.54) is 12.1 Å². The molecule has 194 valence electrons. The van der Waals surface area contributed by atoms with Crippen LogP contribution >= 0.6 is 0 Å². The second-order valence-corrected chi connectivity index (χ2v) is 8.95. The van der Waals surface area contributed by atoms with Crippen LogP contribution in [-0.4, -0.2) is 25.0 Å². The largest absolute Gasteiger partial charge is 0.497 e.